The maximum atomic E-state index is 12.8. The number of rotatable bonds is 9. The van der Waals surface area contributed by atoms with E-state index in [1.165, 1.54) is 0 Å². The quantitative estimate of drug-likeness (QED) is 0.191. The highest BCUT2D eigenvalue weighted by molar-refractivity contribution is 6.76. The first-order chi connectivity index (χ1) is 20.2. The van der Waals surface area contributed by atoms with Gasteiger partial charge in [0.1, 0.15) is 18.2 Å². The van der Waals surface area contributed by atoms with Crippen molar-refractivity contribution < 1.29 is 14.3 Å². The standard InChI is InChI=1S/C30H36N8O3Si/c1-21-32-25-19-24(9-10-26(25)37(21)20-41-17-18-42(2,3)4)33-30-34-28-27(31-11-12-38(28)35-30)22-5-7-23(8-6-22)29(39)36-13-15-40-16-14-36/h5-12,19H,13-18,20H2,1-4H3,(H,33,35). The molecule has 0 bridgehead atoms. The van der Waals surface area contributed by atoms with Gasteiger partial charge in [0.15, 0.2) is 5.65 Å². The smallest absolute Gasteiger partial charge is 0.254 e. The molecular weight excluding hydrogens is 548 g/mol. The summed E-state index contributed by atoms with van der Waals surface area (Å²) in [5.74, 6) is 1.37. The highest BCUT2D eigenvalue weighted by Gasteiger charge is 2.19. The third-order valence-corrected chi connectivity index (χ3v) is 9.07. The van der Waals surface area contributed by atoms with Crippen molar-refractivity contribution >= 4 is 42.3 Å². The van der Waals surface area contributed by atoms with Gasteiger partial charge >= 0.3 is 0 Å². The Labute approximate surface area is 245 Å². The maximum Gasteiger partial charge on any atom is 0.254 e. The average molecular weight is 585 g/mol. The van der Waals surface area contributed by atoms with Gasteiger partial charge in [-0.05, 0) is 43.3 Å². The van der Waals surface area contributed by atoms with Crippen LogP contribution in [0.25, 0.3) is 27.9 Å². The van der Waals surface area contributed by atoms with E-state index >= 15 is 0 Å². The zero-order valence-corrected chi connectivity index (χ0v) is 25.5. The van der Waals surface area contributed by atoms with Crippen LogP contribution in [0.5, 0.6) is 0 Å². The van der Waals surface area contributed by atoms with E-state index in [9.17, 15) is 4.79 Å². The number of hydrogen-bond donors (Lipinski definition) is 1. The normalized spacial score (nSPS) is 14.1. The highest BCUT2D eigenvalue weighted by Crippen LogP contribution is 2.26. The number of nitrogens with one attached hydrogen (secondary N) is 1. The maximum absolute atomic E-state index is 12.8. The lowest BCUT2D eigenvalue weighted by Gasteiger charge is -2.26. The van der Waals surface area contributed by atoms with Crippen LogP contribution in [0.15, 0.2) is 54.9 Å². The number of nitrogens with zero attached hydrogens (tertiary/aromatic N) is 7. The molecular formula is C30H36N8O3Si. The van der Waals surface area contributed by atoms with Crippen LogP contribution in [-0.4, -0.2) is 80.9 Å². The highest BCUT2D eigenvalue weighted by atomic mass is 28.3. The second-order valence-corrected chi connectivity index (χ2v) is 17.3. The van der Waals surface area contributed by atoms with E-state index in [0.29, 0.717) is 55.9 Å². The lowest BCUT2D eigenvalue weighted by atomic mass is 10.1. The van der Waals surface area contributed by atoms with Gasteiger partial charge in [0.2, 0.25) is 5.95 Å². The number of ether oxygens (including phenoxy) is 2. The molecule has 5 aromatic rings. The van der Waals surface area contributed by atoms with E-state index in [4.69, 9.17) is 19.4 Å². The SMILES string of the molecule is Cc1nc2cc(Nc3nc4c(-c5ccc(C(=O)N6CCOCC6)cc5)nccn4n3)ccc2n1COCC[Si](C)(C)C. The number of fused-ring (bicyclic) bond motifs is 2. The lowest BCUT2D eigenvalue weighted by Crippen LogP contribution is -2.40. The van der Waals surface area contributed by atoms with Gasteiger partial charge in [-0.15, -0.1) is 5.10 Å². The zero-order chi connectivity index (χ0) is 29.3. The monoisotopic (exact) mass is 584 g/mol. The number of carbonyl (C=O) groups excluding carboxylic acids is 1. The number of aryl methyl sites for hydroxylation is 1. The fourth-order valence-corrected chi connectivity index (χ4v) is 5.70. The summed E-state index contributed by atoms with van der Waals surface area (Å²) < 4.78 is 15.2. The van der Waals surface area contributed by atoms with Crippen LogP contribution in [0.3, 0.4) is 0 Å². The zero-order valence-electron chi connectivity index (χ0n) is 24.5. The van der Waals surface area contributed by atoms with E-state index in [1.54, 1.807) is 16.9 Å². The minimum Gasteiger partial charge on any atom is -0.378 e. The molecule has 1 amide bonds. The number of hydrogen-bond acceptors (Lipinski definition) is 8. The van der Waals surface area contributed by atoms with Gasteiger partial charge in [-0.1, -0.05) is 31.8 Å². The molecule has 1 fully saturated rings. The molecule has 1 aliphatic rings. The number of benzene rings is 2. The second-order valence-electron chi connectivity index (χ2n) is 11.7. The van der Waals surface area contributed by atoms with Crippen LogP contribution < -0.4 is 5.32 Å². The second kappa shape index (κ2) is 11.6. The van der Waals surface area contributed by atoms with Crippen LogP contribution in [-0.2, 0) is 16.2 Å². The minimum atomic E-state index is -1.13. The molecule has 1 aliphatic heterocycles. The first-order valence-electron chi connectivity index (χ1n) is 14.3. The number of amides is 1. The molecule has 218 valence electrons. The van der Waals surface area contributed by atoms with Gasteiger partial charge in [0.05, 0.1) is 24.2 Å². The fraction of sp³-hybridized carbons (Fsp3) is 0.367. The van der Waals surface area contributed by atoms with Crippen LogP contribution in [0.1, 0.15) is 16.2 Å². The summed E-state index contributed by atoms with van der Waals surface area (Å²) in [6.07, 6.45) is 3.46. The largest absolute Gasteiger partial charge is 0.378 e. The van der Waals surface area contributed by atoms with Gasteiger partial charge in [0.25, 0.3) is 5.91 Å². The van der Waals surface area contributed by atoms with Gasteiger partial charge in [0, 0.05) is 57.0 Å². The third-order valence-electron chi connectivity index (χ3n) is 7.37. The molecule has 1 N–H and O–H groups in total. The molecule has 3 aromatic heterocycles. The Morgan fingerprint density at radius 3 is 2.62 bits per heavy atom. The molecule has 12 heteroatoms. The van der Waals surface area contributed by atoms with Gasteiger partial charge in [-0.3, -0.25) is 9.78 Å². The summed E-state index contributed by atoms with van der Waals surface area (Å²) in [7, 11) is -1.13. The number of carbonyl (C=O) groups is 1. The Morgan fingerprint density at radius 1 is 1.07 bits per heavy atom. The summed E-state index contributed by atoms with van der Waals surface area (Å²) in [6, 6.07) is 14.6. The van der Waals surface area contributed by atoms with Crippen LogP contribution in [0, 0.1) is 6.92 Å². The minimum absolute atomic E-state index is 0.0107. The van der Waals surface area contributed by atoms with Crippen molar-refractivity contribution in [3.63, 3.8) is 0 Å². The van der Waals surface area contributed by atoms with E-state index in [0.717, 1.165) is 40.8 Å². The topological polar surface area (TPSA) is 112 Å². The number of aromatic nitrogens is 6. The Kier molecular flexibility index (Phi) is 7.75. The summed E-state index contributed by atoms with van der Waals surface area (Å²) in [5, 5.41) is 7.93. The van der Waals surface area contributed by atoms with Crippen molar-refractivity contribution in [2.75, 3.05) is 38.2 Å². The Hall–Kier alpha value is -4.13. The van der Waals surface area contributed by atoms with Crippen LogP contribution in [0.2, 0.25) is 25.7 Å². The first-order valence-corrected chi connectivity index (χ1v) is 18.0. The van der Waals surface area contributed by atoms with E-state index in [1.807, 2.05) is 54.3 Å². The molecule has 4 heterocycles. The Bertz CT molecular complexity index is 1720. The molecule has 1 saturated heterocycles. The van der Waals surface area contributed by atoms with E-state index in [-0.39, 0.29) is 5.91 Å². The van der Waals surface area contributed by atoms with E-state index in [2.05, 4.69) is 39.6 Å². The van der Waals surface area contributed by atoms with Crippen molar-refractivity contribution in [1.29, 1.82) is 0 Å². The predicted octanol–water partition coefficient (Wildman–Crippen LogP) is 4.98. The number of anilines is 2. The summed E-state index contributed by atoms with van der Waals surface area (Å²) in [6.45, 7) is 12.7. The van der Waals surface area contributed by atoms with Crippen molar-refractivity contribution in [3.8, 4) is 11.3 Å². The summed E-state index contributed by atoms with van der Waals surface area (Å²) >= 11 is 0. The van der Waals surface area contributed by atoms with Gasteiger partial charge in [-0.25, -0.2) is 9.50 Å². The first kappa shape index (κ1) is 28.0. The van der Waals surface area contributed by atoms with Gasteiger partial charge < -0.3 is 24.3 Å². The van der Waals surface area contributed by atoms with Crippen LogP contribution in [0.4, 0.5) is 11.6 Å². The summed E-state index contributed by atoms with van der Waals surface area (Å²) in [4.78, 5) is 28.7. The summed E-state index contributed by atoms with van der Waals surface area (Å²) in [5.41, 5.74) is 5.53. The lowest BCUT2D eigenvalue weighted by molar-refractivity contribution is 0.0303. The number of morpholine rings is 1. The van der Waals surface area contributed by atoms with Crippen LogP contribution >= 0.6 is 0 Å². The number of imidazole rings is 1. The Morgan fingerprint density at radius 2 is 1.86 bits per heavy atom. The fourth-order valence-electron chi connectivity index (χ4n) is 4.95. The molecule has 0 saturated carbocycles. The third kappa shape index (κ3) is 6.05. The molecule has 6 rings (SSSR count). The molecule has 2 aromatic carbocycles. The molecule has 42 heavy (non-hydrogen) atoms. The molecule has 0 radical (unpaired) electrons. The Balaban J connectivity index is 1.18. The predicted molar refractivity (Wildman–Crippen MR) is 165 cm³/mol. The van der Waals surface area contributed by atoms with E-state index < -0.39 is 8.07 Å². The molecule has 0 atom stereocenters. The average Bonchev–Trinajstić information content (AvgIpc) is 3.54. The molecule has 0 unspecified atom stereocenters. The van der Waals surface area contributed by atoms with Gasteiger partial charge in [-0.2, -0.15) is 4.98 Å². The van der Waals surface area contributed by atoms with Crippen molar-refractivity contribution in [2.45, 2.75) is 39.3 Å². The molecule has 0 aliphatic carbocycles. The van der Waals surface area contributed by atoms with Crippen molar-refractivity contribution in [1.82, 2.24) is 34.0 Å². The van der Waals surface area contributed by atoms with Crippen molar-refractivity contribution in [2.24, 2.45) is 0 Å². The van der Waals surface area contributed by atoms with Crippen molar-refractivity contribution in [3.05, 3.63) is 66.2 Å². The molecule has 11 nitrogen and oxygen atoms in total. The molecule has 0 spiro atoms.